The molecule has 2 N–H and O–H groups in total. The van der Waals surface area contributed by atoms with Crippen LogP contribution in [0.1, 0.15) is 26.2 Å². The molecule has 1 aromatic carbocycles. The van der Waals surface area contributed by atoms with E-state index in [-0.39, 0.29) is 11.8 Å². The van der Waals surface area contributed by atoms with E-state index >= 15 is 0 Å². The van der Waals surface area contributed by atoms with Gasteiger partial charge >= 0.3 is 5.97 Å². The maximum absolute atomic E-state index is 12.7. The van der Waals surface area contributed by atoms with Gasteiger partial charge in [-0.2, -0.15) is 0 Å². The van der Waals surface area contributed by atoms with Crippen LogP contribution in [0, 0.1) is 11.3 Å². The van der Waals surface area contributed by atoms with Gasteiger partial charge in [-0.25, -0.2) is 0 Å². The van der Waals surface area contributed by atoms with Gasteiger partial charge in [-0.3, -0.25) is 14.5 Å². The predicted molar refractivity (Wildman–Crippen MR) is 95.1 cm³/mol. The molecule has 136 valence electrons. The second-order valence-corrected chi connectivity index (χ2v) is 7.43. The van der Waals surface area contributed by atoms with E-state index in [2.05, 4.69) is 5.32 Å². The van der Waals surface area contributed by atoms with Crippen molar-refractivity contribution in [3.63, 3.8) is 0 Å². The number of carboxylic acid groups (broad SMARTS) is 1. The number of carbonyl (C=O) groups excluding carboxylic acids is 1. The number of nitrogens with one attached hydrogen (secondary N) is 1. The van der Waals surface area contributed by atoms with E-state index in [9.17, 15) is 14.7 Å². The summed E-state index contributed by atoms with van der Waals surface area (Å²) in [7, 11) is 1.53. The number of ether oxygens (including phenoxy) is 1. The number of nitrogens with zero attached hydrogens (tertiary/aromatic N) is 1. The molecule has 1 amide bonds. The van der Waals surface area contributed by atoms with E-state index in [1.54, 1.807) is 18.2 Å². The first-order valence-electron chi connectivity index (χ1n) is 8.49. The second kappa shape index (κ2) is 6.84. The van der Waals surface area contributed by atoms with Gasteiger partial charge in [0.2, 0.25) is 5.91 Å². The van der Waals surface area contributed by atoms with Gasteiger partial charge in [0.25, 0.3) is 0 Å². The fourth-order valence-electron chi connectivity index (χ4n) is 4.15. The van der Waals surface area contributed by atoms with Crippen LogP contribution in [0.25, 0.3) is 0 Å². The quantitative estimate of drug-likeness (QED) is 0.837. The van der Waals surface area contributed by atoms with Gasteiger partial charge in [0.15, 0.2) is 0 Å². The van der Waals surface area contributed by atoms with E-state index < -0.39 is 17.4 Å². The highest BCUT2D eigenvalue weighted by atomic mass is 35.5. The van der Waals surface area contributed by atoms with Crippen molar-refractivity contribution in [1.29, 1.82) is 0 Å². The average molecular weight is 367 g/mol. The van der Waals surface area contributed by atoms with Gasteiger partial charge in [-0.1, -0.05) is 18.0 Å². The largest absolute Gasteiger partial charge is 0.495 e. The summed E-state index contributed by atoms with van der Waals surface area (Å²) in [5.74, 6) is -0.270. The Morgan fingerprint density at radius 1 is 1.48 bits per heavy atom. The van der Waals surface area contributed by atoms with Crippen LogP contribution in [0.15, 0.2) is 18.2 Å². The van der Waals surface area contributed by atoms with Crippen molar-refractivity contribution in [3.8, 4) is 5.75 Å². The van der Waals surface area contributed by atoms with E-state index in [1.807, 2.05) is 11.8 Å². The van der Waals surface area contributed by atoms with Crippen LogP contribution in [-0.4, -0.2) is 48.1 Å². The van der Waals surface area contributed by atoms with Crippen LogP contribution in [0.3, 0.4) is 0 Å². The maximum atomic E-state index is 12.7. The van der Waals surface area contributed by atoms with Crippen LogP contribution in [-0.2, 0) is 9.59 Å². The number of rotatable bonds is 5. The first kappa shape index (κ1) is 18.0. The number of anilines is 1. The number of carbonyl (C=O) groups is 2. The molecule has 2 aliphatic rings. The number of amides is 1. The first-order valence-corrected chi connectivity index (χ1v) is 8.87. The van der Waals surface area contributed by atoms with E-state index in [4.69, 9.17) is 16.3 Å². The lowest BCUT2D eigenvalue weighted by Gasteiger charge is -2.26. The molecule has 0 bridgehead atoms. The lowest BCUT2D eigenvalue weighted by molar-refractivity contribution is -0.149. The molecule has 6 nitrogen and oxygen atoms in total. The number of halogens is 1. The number of methoxy groups -OCH3 is 1. The average Bonchev–Trinajstić information content (AvgIpc) is 3.12. The molecule has 1 aliphatic carbocycles. The first-order chi connectivity index (χ1) is 11.9. The summed E-state index contributed by atoms with van der Waals surface area (Å²) in [6.45, 7) is 2.88. The van der Waals surface area contributed by atoms with Crippen molar-refractivity contribution >= 4 is 29.2 Å². The summed E-state index contributed by atoms with van der Waals surface area (Å²) in [5, 5.41) is 13.0. The Kier molecular flexibility index (Phi) is 4.93. The highest BCUT2D eigenvalue weighted by molar-refractivity contribution is 6.31. The zero-order valence-corrected chi connectivity index (χ0v) is 15.2. The van der Waals surface area contributed by atoms with Crippen molar-refractivity contribution < 1.29 is 19.4 Å². The molecule has 0 radical (unpaired) electrons. The summed E-state index contributed by atoms with van der Waals surface area (Å²) < 4.78 is 5.25. The molecule has 25 heavy (non-hydrogen) atoms. The Morgan fingerprint density at radius 2 is 2.24 bits per heavy atom. The molecule has 3 atom stereocenters. The minimum atomic E-state index is -0.735. The summed E-state index contributed by atoms with van der Waals surface area (Å²) >= 11 is 6.00. The van der Waals surface area contributed by atoms with Gasteiger partial charge in [-0.15, -0.1) is 0 Å². The summed E-state index contributed by atoms with van der Waals surface area (Å²) in [6.07, 6.45) is 2.56. The second-order valence-electron chi connectivity index (χ2n) is 6.99. The van der Waals surface area contributed by atoms with E-state index in [1.165, 1.54) is 7.11 Å². The van der Waals surface area contributed by atoms with E-state index in [0.29, 0.717) is 36.0 Å². The summed E-state index contributed by atoms with van der Waals surface area (Å²) in [5.41, 5.74) is -0.179. The van der Waals surface area contributed by atoms with Crippen LogP contribution in [0.2, 0.25) is 5.02 Å². The third kappa shape index (κ3) is 3.20. The standard InChI is InChI=1S/C18H23ClN2O4/c1-11(16(22)20-14-8-13(19)5-6-15(14)25-2)21-9-12-4-3-7-18(12,10-21)17(23)24/h5-6,8,11-12H,3-4,7,9-10H2,1-2H3,(H,20,22)(H,23,24)/t11?,12-,18+/m0/s1. The Hall–Kier alpha value is -1.79. The lowest BCUT2D eigenvalue weighted by atomic mass is 9.81. The van der Waals surface area contributed by atoms with Gasteiger partial charge in [0.1, 0.15) is 5.75 Å². The normalized spacial score (nSPS) is 26.9. The molecule has 1 aliphatic heterocycles. The molecular weight excluding hydrogens is 344 g/mol. The fraction of sp³-hybridized carbons (Fsp3) is 0.556. The maximum Gasteiger partial charge on any atom is 0.311 e. The number of hydrogen-bond donors (Lipinski definition) is 2. The third-order valence-electron chi connectivity index (χ3n) is 5.67. The Labute approximate surface area is 152 Å². The Bertz CT molecular complexity index is 696. The molecule has 1 unspecified atom stereocenters. The number of fused-ring (bicyclic) bond motifs is 1. The topological polar surface area (TPSA) is 78.9 Å². The van der Waals surface area contributed by atoms with Crippen LogP contribution in [0.4, 0.5) is 5.69 Å². The molecule has 1 saturated heterocycles. The zero-order chi connectivity index (χ0) is 18.2. The number of aliphatic carboxylic acids is 1. The van der Waals surface area contributed by atoms with Gasteiger partial charge in [0.05, 0.1) is 24.3 Å². The van der Waals surface area contributed by atoms with Crippen molar-refractivity contribution in [3.05, 3.63) is 23.2 Å². The van der Waals surface area contributed by atoms with Crippen LogP contribution >= 0.6 is 11.6 Å². The van der Waals surface area contributed by atoms with Crippen molar-refractivity contribution in [2.24, 2.45) is 11.3 Å². The number of hydrogen-bond acceptors (Lipinski definition) is 4. The Balaban J connectivity index is 1.72. The molecular formula is C18H23ClN2O4. The zero-order valence-electron chi connectivity index (χ0n) is 14.4. The lowest BCUT2D eigenvalue weighted by Crippen LogP contribution is -2.43. The van der Waals surface area contributed by atoms with Gasteiger partial charge < -0.3 is 15.2 Å². The Morgan fingerprint density at radius 3 is 2.88 bits per heavy atom. The number of likely N-dealkylation sites (tertiary alicyclic amines) is 1. The van der Waals surface area contributed by atoms with Gasteiger partial charge in [0, 0.05) is 18.1 Å². The minimum Gasteiger partial charge on any atom is -0.495 e. The number of carboxylic acids is 1. The SMILES string of the molecule is COc1ccc(Cl)cc1NC(=O)C(C)N1C[C@@H]2CCC[C@@]2(C(=O)O)C1. The van der Waals surface area contributed by atoms with E-state index in [0.717, 1.165) is 12.8 Å². The van der Waals surface area contributed by atoms with Crippen molar-refractivity contribution in [2.45, 2.75) is 32.2 Å². The molecule has 0 spiro atoms. The summed E-state index contributed by atoms with van der Waals surface area (Å²) in [4.78, 5) is 26.4. The third-order valence-corrected chi connectivity index (χ3v) is 5.90. The fourth-order valence-corrected chi connectivity index (χ4v) is 4.33. The summed E-state index contributed by atoms with van der Waals surface area (Å²) in [6, 6.07) is 4.60. The predicted octanol–water partition coefficient (Wildman–Crippen LogP) is 2.86. The van der Waals surface area contributed by atoms with Crippen LogP contribution < -0.4 is 10.1 Å². The van der Waals surface area contributed by atoms with Crippen molar-refractivity contribution in [1.82, 2.24) is 4.90 Å². The minimum absolute atomic E-state index is 0.126. The number of benzene rings is 1. The van der Waals surface area contributed by atoms with Crippen LogP contribution in [0.5, 0.6) is 5.75 Å². The molecule has 0 aromatic heterocycles. The monoisotopic (exact) mass is 366 g/mol. The molecule has 3 rings (SSSR count). The highest BCUT2D eigenvalue weighted by Gasteiger charge is 2.55. The van der Waals surface area contributed by atoms with Crippen molar-refractivity contribution in [2.75, 3.05) is 25.5 Å². The molecule has 7 heteroatoms. The molecule has 1 aromatic rings. The highest BCUT2D eigenvalue weighted by Crippen LogP contribution is 2.49. The molecule has 2 fully saturated rings. The smallest absolute Gasteiger partial charge is 0.311 e. The van der Waals surface area contributed by atoms with Gasteiger partial charge in [-0.05, 0) is 43.9 Å². The molecule has 1 heterocycles. The molecule has 1 saturated carbocycles.